The highest BCUT2D eigenvalue weighted by atomic mass is 19.4. The number of aromatic amines is 1. The monoisotopic (exact) mass is 676 g/mol. The van der Waals surface area contributed by atoms with Crippen molar-refractivity contribution in [2.45, 2.75) is 32.2 Å². The number of carboxylic acid groups (broad SMARTS) is 2. The molecule has 1 amide bonds. The van der Waals surface area contributed by atoms with Crippen molar-refractivity contribution in [3.8, 4) is 11.5 Å². The highest BCUT2D eigenvalue weighted by Gasteiger charge is 2.38. The number of aliphatic carboxylic acids is 2. The number of fused-ring (bicyclic) bond motifs is 1. The van der Waals surface area contributed by atoms with E-state index >= 15 is 0 Å². The first-order chi connectivity index (χ1) is 21.9. The largest absolute Gasteiger partial charge is 0.493 e. The van der Waals surface area contributed by atoms with Gasteiger partial charge in [0.2, 0.25) is 0 Å². The molecule has 7 N–H and O–H groups in total. The lowest BCUT2D eigenvalue weighted by Crippen LogP contribution is -2.21. The van der Waals surface area contributed by atoms with E-state index in [4.69, 9.17) is 35.0 Å². The van der Waals surface area contributed by atoms with Crippen molar-refractivity contribution in [3.05, 3.63) is 53.2 Å². The zero-order chi connectivity index (χ0) is 35.5. The Kier molecular flexibility index (Phi) is 12.6. The fraction of sp³-hybridized carbons (Fsp3) is 0.269. The number of carboxylic acids is 2. The maximum atomic E-state index is 12.2. The maximum absolute atomic E-state index is 12.2. The molecule has 0 saturated carbocycles. The van der Waals surface area contributed by atoms with Crippen LogP contribution in [-0.2, 0) is 22.6 Å². The van der Waals surface area contributed by atoms with Gasteiger partial charge in [0, 0.05) is 29.9 Å². The van der Waals surface area contributed by atoms with Crippen molar-refractivity contribution in [2.75, 3.05) is 24.9 Å². The number of tetrazole rings is 1. The van der Waals surface area contributed by atoms with E-state index in [0.29, 0.717) is 40.6 Å². The van der Waals surface area contributed by atoms with Crippen LogP contribution in [0.2, 0.25) is 0 Å². The number of methoxy groups -OCH3 is 2. The maximum Gasteiger partial charge on any atom is 0.490 e. The second kappa shape index (κ2) is 15.9. The minimum atomic E-state index is -5.08. The van der Waals surface area contributed by atoms with Gasteiger partial charge in [-0.3, -0.25) is 9.78 Å². The lowest BCUT2D eigenvalue weighted by Gasteiger charge is -2.19. The molecule has 0 unspecified atom stereocenters. The third kappa shape index (κ3) is 10.3. The predicted molar refractivity (Wildman–Crippen MR) is 151 cm³/mol. The molecule has 0 aliphatic heterocycles. The highest BCUT2D eigenvalue weighted by molar-refractivity contribution is 6.08. The number of nitrogens with zero attached hydrogens (tertiary/aromatic N) is 4. The van der Waals surface area contributed by atoms with E-state index in [-0.39, 0.29) is 5.56 Å². The zero-order valence-electron chi connectivity index (χ0n) is 24.4. The molecule has 47 heavy (non-hydrogen) atoms. The molecule has 0 spiro atoms. The number of hydrogen-bond donors (Lipinski definition) is 6. The predicted octanol–water partition coefficient (Wildman–Crippen LogP) is 4.05. The van der Waals surface area contributed by atoms with Gasteiger partial charge in [-0.25, -0.2) is 9.59 Å². The molecule has 0 aliphatic rings. The summed E-state index contributed by atoms with van der Waals surface area (Å²) in [4.78, 5) is 34.4. The summed E-state index contributed by atoms with van der Waals surface area (Å²) in [7, 11) is 3.11. The average Bonchev–Trinajstić information content (AvgIpc) is 3.53. The molecular formula is C26H26F6N8O7. The van der Waals surface area contributed by atoms with Gasteiger partial charge in [0.25, 0.3) is 11.9 Å². The number of nitrogens with two attached hydrogens (primary N) is 1. The standard InChI is InChI=1S/C22H24N8O3.2C2HF3O2/c1-4-13-12(10-25-22-27-29-30-28-22)6-5-7-16(13)26-20-14-8-18(32-2)19(33-3)9-17(14)24-11-15(20)21(23)31;2*3-2(4,5)1(6)7/h5-9,11H,4,10H2,1-3H3,(H2,23,31)(H,24,26)(H2,25,27,28,29,30);2*(H,6,7). The summed E-state index contributed by atoms with van der Waals surface area (Å²) < 4.78 is 74.3. The smallest absolute Gasteiger partial charge is 0.490 e. The van der Waals surface area contributed by atoms with Crippen LogP contribution >= 0.6 is 0 Å². The summed E-state index contributed by atoms with van der Waals surface area (Å²) >= 11 is 0. The molecule has 0 aliphatic carbocycles. The van der Waals surface area contributed by atoms with Gasteiger partial charge >= 0.3 is 24.3 Å². The number of ether oxygens (including phenoxy) is 2. The Hall–Kier alpha value is -5.89. The molecule has 0 atom stereocenters. The van der Waals surface area contributed by atoms with Gasteiger partial charge in [-0.15, -0.1) is 5.10 Å². The molecule has 21 heteroatoms. The van der Waals surface area contributed by atoms with E-state index in [1.165, 1.54) is 6.20 Å². The fourth-order valence-corrected chi connectivity index (χ4v) is 3.72. The molecular weight excluding hydrogens is 650 g/mol. The number of halogens is 6. The second-order valence-electron chi connectivity index (χ2n) is 8.75. The van der Waals surface area contributed by atoms with E-state index in [1.807, 2.05) is 18.2 Å². The van der Waals surface area contributed by atoms with Gasteiger partial charge in [0.05, 0.1) is 31.0 Å². The molecule has 2 aromatic heterocycles. The molecule has 0 saturated heterocycles. The summed E-state index contributed by atoms with van der Waals surface area (Å²) in [6.07, 6.45) is -7.95. The molecule has 2 aromatic carbocycles. The minimum absolute atomic E-state index is 0.270. The fourth-order valence-electron chi connectivity index (χ4n) is 3.72. The van der Waals surface area contributed by atoms with Crippen molar-refractivity contribution in [3.63, 3.8) is 0 Å². The zero-order valence-corrected chi connectivity index (χ0v) is 24.4. The van der Waals surface area contributed by atoms with Gasteiger partial charge in [-0.05, 0) is 34.9 Å². The van der Waals surface area contributed by atoms with Crippen LogP contribution in [0, 0.1) is 0 Å². The number of amides is 1. The number of aromatic nitrogens is 5. The molecule has 0 fully saturated rings. The van der Waals surface area contributed by atoms with Crippen LogP contribution in [-0.4, -0.2) is 80.2 Å². The highest BCUT2D eigenvalue weighted by Crippen LogP contribution is 2.38. The average molecular weight is 677 g/mol. The molecule has 15 nitrogen and oxygen atoms in total. The van der Waals surface area contributed by atoms with Crippen molar-refractivity contribution in [1.82, 2.24) is 25.6 Å². The Morgan fingerprint density at radius 2 is 1.55 bits per heavy atom. The molecule has 4 rings (SSSR count). The van der Waals surface area contributed by atoms with Gasteiger partial charge in [-0.2, -0.15) is 31.6 Å². The number of nitrogens with one attached hydrogen (secondary N) is 3. The molecule has 254 valence electrons. The normalized spacial score (nSPS) is 10.9. The van der Waals surface area contributed by atoms with Gasteiger partial charge in [-0.1, -0.05) is 24.2 Å². The second-order valence-corrected chi connectivity index (χ2v) is 8.75. The van der Waals surface area contributed by atoms with E-state index in [0.717, 1.165) is 23.2 Å². The number of rotatable bonds is 9. The summed E-state index contributed by atoms with van der Waals surface area (Å²) in [5, 5.41) is 35.3. The summed E-state index contributed by atoms with van der Waals surface area (Å²) in [6.45, 7) is 2.56. The number of H-pyrrole nitrogens is 1. The van der Waals surface area contributed by atoms with Crippen LogP contribution in [0.1, 0.15) is 28.4 Å². The Morgan fingerprint density at radius 1 is 0.979 bits per heavy atom. The first-order valence-corrected chi connectivity index (χ1v) is 12.7. The summed E-state index contributed by atoms with van der Waals surface area (Å²) in [6, 6.07) is 9.45. The first-order valence-electron chi connectivity index (χ1n) is 12.7. The Labute approximate surface area is 260 Å². The van der Waals surface area contributed by atoms with E-state index in [2.05, 4.69) is 43.2 Å². The lowest BCUT2D eigenvalue weighted by atomic mass is 10.0. The number of carbonyl (C=O) groups is 3. The van der Waals surface area contributed by atoms with Crippen LogP contribution in [0.3, 0.4) is 0 Å². The van der Waals surface area contributed by atoms with Crippen LogP contribution in [0.25, 0.3) is 10.9 Å². The van der Waals surface area contributed by atoms with E-state index in [9.17, 15) is 31.1 Å². The van der Waals surface area contributed by atoms with Crippen molar-refractivity contribution in [2.24, 2.45) is 5.73 Å². The van der Waals surface area contributed by atoms with Gasteiger partial charge in [0.1, 0.15) is 0 Å². The van der Waals surface area contributed by atoms with Crippen LogP contribution in [0.4, 0.5) is 43.7 Å². The molecule has 4 aromatic rings. The van der Waals surface area contributed by atoms with Crippen LogP contribution in [0.15, 0.2) is 36.5 Å². The number of hydrogen-bond acceptors (Lipinski definition) is 11. The topological polar surface area (TPSA) is 228 Å². The molecule has 2 heterocycles. The number of alkyl halides is 6. The Balaban J connectivity index is 0.000000459. The van der Waals surface area contributed by atoms with Gasteiger partial charge < -0.3 is 36.1 Å². The number of anilines is 3. The van der Waals surface area contributed by atoms with E-state index in [1.54, 1.807) is 26.4 Å². The number of carbonyl (C=O) groups excluding carboxylic acids is 1. The minimum Gasteiger partial charge on any atom is -0.493 e. The van der Waals surface area contributed by atoms with Crippen molar-refractivity contribution in [1.29, 1.82) is 0 Å². The van der Waals surface area contributed by atoms with Crippen LogP contribution < -0.4 is 25.8 Å². The summed E-state index contributed by atoms with van der Waals surface area (Å²) in [5.74, 6) is -4.63. The Bertz CT molecular complexity index is 1680. The first kappa shape index (κ1) is 37.3. The third-order valence-electron chi connectivity index (χ3n) is 5.79. The van der Waals surface area contributed by atoms with Crippen molar-refractivity contribution < 1.29 is 60.4 Å². The van der Waals surface area contributed by atoms with Crippen LogP contribution in [0.5, 0.6) is 11.5 Å². The quantitative estimate of drug-likeness (QED) is 0.138. The Morgan fingerprint density at radius 3 is 2.02 bits per heavy atom. The third-order valence-corrected chi connectivity index (χ3v) is 5.79. The molecule has 0 radical (unpaired) electrons. The van der Waals surface area contributed by atoms with Gasteiger partial charge in [0.15, 0.2) is 11.5 Å². The summed E-state index contributed by atoms with van der Waals surface area (Å²) in [5.41, 5.74) is 10.1. The SMILES string of the molecule is CCc1c(CNc2nn[nH]n2)cccc1Nc1c(C(N)=O)cnc2cc(OC)c(OC)cc12.O=C(O)C(F)(F)F.O=C(O)C(F)(F)F. The number of pyridine rings is 1. The van der Waals surface area contributed by atoms with E-state index < -0.39 is 30.2 Å². The number of benzene rings is 2. The molecule has 0 bridgehead atoms. The lowest BCUT2D eigenvalue weighted by molar-refractivity contribution is -0.193. The van der Waals surface area contributed by atoms with Crippen molar-refractivity contribution >= 4 is 46.1 Å². The number of primary amides is 1.